The second-order valence-corrected chi connectivity index (χ2v) is 2.59. The van der Waals surface area contributed by atoms with E-state index < -0.39 is 0 Å². The van der Waals surface area contributed by atoms with Crippen LogP contribution in [0.3, 0.4) is 0 Å². The summed E-state index contributed by atoms with van der Waals surface area (Å²) in [7, 11) is 0. The molecule has 0 N–H and O–H groups in total. The largest absolute Gasteiger partial charge is 0.265 e. The number of aliphatic imine (C=N–C) groups is 2. The van der Waals surface area contributed by atoms with Gasteiger partial charge in [-0.25, -0.2) is 9.98 Å². The molecule has 0 atom stereocenters. The summed E-state index contributed by atoms with van der Waals surface area (Å²) in [6, 6.07) is 5.72. The molecule has 0 spiro atoms. The Labute approximate surface area is 91.1 Å². The van der Waals surface area contributed by atoms with E-state index in [0.717, 1.165) is 0 Å². The third-order valence-electron chi connectivity index (χ3n) is 1.53. The number of aromatic nitrogens is 1. The summed E-state index contributed by atoms with van der Waals surface area (Å²) in [6.45, 7) is 0. The van der Waals surface area contributed by atoms with Crippen molar-refractivity contribution >= 4 is 12.7 Å². The summed E-state index contributed by atoms with van der Waals surface area (Å²) < 4.78 is 0. The van der Waals surface area contributed by atoms with Crippen LogP contribution in [0.15, 0.2) is 72.7 Å². The fourth-order valence-corrected chi connectivity index (χ4v) is 0.891. The molecule has 7 nitrogen and oxygen atoms in total. The van der Waals surface area contributed by atoms with Crippen LogP contribution in [0.5, 0.6) is 0 Å². The molecule has 0 saturated carbocycles. The van der Waals surface area contributed by atoms with Gasteiger partial charge in [-0.3, -0.25) is 4.98 Å². The minimum Gasteiger partial charge on any atom is -0.265 e. The maximum absolute atomic E-state index is 3.78. The lowest BCUT2D eigenvalue weighted by Crippen LogP contribution is -1.72. The van der Waals surface area contributed by atoms with Gasteiger partial charge in [-0.05, 0) is 12.1 Å². The fourth-order valence-electron chi connectivity index (χ4n) is 0.891. The molecular formula is C9H7N7. The zero-order valence-corrected chi connectivity index (χ0v) is 8.17. The first-order valence-corrected chi connectivity index (χ1v) is 4.43. The molecule has 0 fully saturated rings. The van der Waals surface area contributed by atoms with Gasteiger partial charge in [0.15, 0.2) is 0 Å². The van der Waals surface area contributed by atoms with Crippen molar-refractivity contribution in [2.45, 2.75) is 0 Å². The van der Waals surface area contributed by atoms with E-state index in [1.165, 1.54) is 12.7 Å². The van der Waals surface area contributed by atoms with Gasteiger partial charge >= 0.3 is 0 Å². The minimum absolute atomic E-state index is 0.414. The molecule has 0 radical (unpaired) electrons. The second kappa shape index (κ2) is 5.35. The molecule has 0 aromatic carbocycles. The van der Waals surface area contributed by atoms with Crippen LogP contribution in [0.4, 0.5) is 0 Å². The van der Waals surface area contributed by atoms with Crippen molar-refractivity contribution in [3.05, 3.63) is 42.2 Å². The van der Waals surface area contributed by atoms with E-state index in [1.54, 1.807) is 12.4 Å². The van der Waals surface area contributed by atoms with E-state index in [4.69, 9.17) is 0 Å². The Hall–Kier alpha value is -2.57. The predicted molar refractivity (Wildman–Crippen MR) is 58.0 cm³/mol. The highest BCUT2D eigenvalue weighted by Crippen LogP contribution is 2.16. The average Bonchev–Trinajstić information content (AvgIpc) is 3.05. The highest BCUT2D eigenvalue weighted by atomic mass is 15.3. The van der Waals surface area contributed by atoms with E-state index in [9.17, 15) is 0 Å². The average molecular weight is 213 g/mol. The third kappa shape index (κ3) is 2.71. The lowest BCUT2D eigenvalue weighted by Gasteiger charge is -1.83. The van der Waals surface area contributed by atoms with Gasteiger partial charge in [0, 0.05) is 12.4 Å². The summed E-state index contributed by atoms with van der Waals surface area (Å²) in [5, 5.41) is 14.3. The maximum Gasteiger partial charge on any atom is 0.223 e. The van der Waals surface area contributed by atoms with Gasteiger partial charge < -0.3 is 0 Å². The van der Waals surface area contributed by atoms with Crippen LogP contribution in [0.2, 0.25) is 0 Å². The van der Waals surface area contributed by atoms with Crippen LogP contribution in [0.1, 0.15) is 0 Å². The van der Waals surface area contributed by atoms with Crippen LogP contribution in [-0.4, -0.2) is 17.7 Å². The molecule has 0 unspecified atom stereocenters. The summed E-state index contributed by atoms with van der Waals surface area (Å²) in [6.07, 6.45) is 6.18. The highest BCUT2D eigenvalue weighted by molar-refractivity contribution is 5.62. The smallest absolute Gasteiger partial charge is 0.223 e. The predicted octanol–water partition coefficient (Wildman–Crippen LogP) is 2.18. The Morgan fingerprint density at radius 2 is 1.25 bits per heavy atom. The third-order valence-corrected chi connectivity index (χ3v) is 1.53. The quantitative estimate of drug-likeness (QED) is 0.649. The van der Waals surface area contributed by atoms with Crippen molar-refractivity contribution in [3.8, 4) is 0 Å². The van der Waals surface area contributed by atoms with Crippen LogP contribution < -0.4 is 0 Å². The summed E-state index contributed by atoms with van der Waals surface area (Å²) in [5.41, 5.74) is 0. The Kier molecular flexibility index (Phi) is 3.33. The maximum atomic E-state index is 3.78. The van der Waals surface area contributed by atoms with Crippen LogP contribution in [0, 0.1) is 0 Å². The van der Waals surface area contributed by atoms with Crippen LogP contribution in [0.25, 0.3) is 0 Å². The van der Waals surface area contributed by atoms with Crippen LogP contribution >= 0.6 is 0 Å². The monoisotopic (exact) mass is 213 g/mol. The van der Waals surface area contributed by atoms with Gasteiger partial charge in [-0.2, -0.15) is 0 Å². The molecule has 0 saturated heterocycles. The van der Waals surface area contributed by atoms with Gasteiger partial charge in [0.1, 0.15) is 12.7 Å². The van der Waals surface area contributed by atoms with Gasteiger partial charge in [0.2, 0.25) is 11.6 Å². The Balaban J connectivity index is 0.000000138. The Morgan fingerprint density at radius 1 is 0.688 bits per heavy atom. The first-order chi connectivity index (χ1) is 7.97. The first kappa shape index (κ1) is 9.97. The van der Waals surface area contributed by atoms with E-state index in [-0.39, 0.29) is 0 Å². The van der Waals surface area contributed by atoms with E-state index >= 15 is 0 Å². The van der Waals surface area contributed by atoms with Crippen LogP contribution in [-0.2, 0) is 0 Å². The Morgan fingerprint density at radius 3 is 1.50 bits per heavy atom. The molecule has 16 heavy (non-hydrogen) atoms. The fraction of sp³-hybridized carbons (Fsp3) is 0. The summed E-state index contributed by atoms with van der Waals surface area (Å²) in [4.78, 5) is 11.3. The number of rotatable bonds is 0. The van der Waals surface area contributed by atoms with Crippen molar-refractivity contribution in [1.82, 2.24) is 4.98 Å². The van der Waals surface area contributed by atoms with Crippen molar-refractivity contribution in [1.29, 1.82) is 0 Å². The van der Waals surface area contributed by atoms with Gasteiger partial charge in [-0.1, -0.05) is 6.07 Å². The van der Waals surface area contributed by atoms with Gasteiger partial charge in [-0.15, -0.1) is 20.5 Å². The molecule has 2 aliphatic heterocycles. The molecule has 0 aliphatic carbocycles. The zero-order chi connectivity index (χ0) is 11.1. The first-order valence-electron chi connectivity index (χ1n) is 4.43. The minimum atomic E-state index is 0.414. The molecule has 0 amide bonds. The zero-order valence-electron chi connectivity index (χ0n) is 8.17. The van der Waals surface area contributed by atoms with Crippen molar-refractivity contribution in [2.75, 3.05) is 0 Å². The van der Waals surface area contributed by atoms with Crippen molar-refractivity contribution in [3.63, 3.8) is 0 Å². The molecule has 3 heterocycles. The lowest BCUT2D eigenvalue weighted by atomic mass is 10.5. The van der Waals surface area contributed by atoms with E-state index in [0.29, 0.717) is 11.6 Å². The van der Waals surface area contributed by atoms with Crippen molar-refractivity contribution in [2.24, 2.45) is 30.4 Å². The number of hydrogen-bond donors (Lipinski definition) is 0. The van der Waals surface area contributed by atoms with Gasteiger partial charge in [0.25, 0.3) is 0 Å². The molecule has 0 bridgehead atoms. The van der Waals surface area contributed by atoms with Gasteiger partial charge in [0.05, 0.1) is 0 Å². The summed E-state index contributed by atoms with van der Waals surface area (Å²) in [5.74, 6) is 0.829. The van der Waals surface area contributed by atoms with E-state index in [1.807, 2.05) is 18.2 Å². The molecule has 2 aliphatic rings. The number of azo groups is 2. The van der Waals surface area contributed by atoms with E-state index in [2.05, 4.69) is 35.4 Å². The lowest BCUT2D eigenvalue weighted by molar-refractivity contribution is 1.07. The van der Waals surface area contributed by atoms with Crippen molar-refractivity contribution < 1.29 is 0 Å². The molecule has 7 heteroatoms. The summed E-state index contributed by atoms with van der Waals surface area (Å²) >= 11 is 0. The highest BCUT2D eigenvalue weighted by Gasteiger charge is 2.07. The number of nitrogens with zero attached hydrogens (tertiary/aromatic N) is 7. The number of pyridine rings is 1. The number of hydrogen-bond acceptors (Lipinski definition) is 7. The normalized spacial score (nSPS) is 20.0. The molecule has 3 rings (SSSR count). The molecular weight excluding hydrogens is 206 g/mol. The second-order valence-electron chi connectivity index (χ2n) is 2.59. The molecule has 1 aromatic heterocycles. The SMILES string of the molecule is C1=NC(=C2N=CN=N2)N=N1.c1ccncc1. The molecule has 78 valence electrons. The Bertz CT molecular complexity index is 399. The molecule has 1 aromatic rings. The topological polar surface area (TPSA) is 87.0 Å². The standard InChI is InChI=1S/C5H5N.C4H2N6/c1-2-4-6-5-3-1;1-5-3(9-7-1)4-6-2-8-10-4/h1-5H;1-2H.